The van der Waals surface area contributed by atoms with Gasteiger partial charge in [0.05, 0.1) is 23.5 Å². The lowest BCUT2D eigenvalue weighted by Gasteiger charge is -2.37. The molecule has 3 aromatic rings. The van der Waals surface area contributed by atoms with Crippen molar-refractivity contribution in [2.75, 3.05) is 26.2 Å². The van der Waals surface area contributed by atoms with Crippen molar-refractivity contribution in [2.45, 2.75) is 51.2 Å². The van der Waals surface area contributed by atoms with Crippen molar-refractivity contribution < 1.29 is 5.21 Å². The highest BCUT2D eigenvalue weighted by Gasteiger charge is 2.32. The van der Waals surface area contributed by atoms with E-state index < -0.39 is 0 Å². The van der Waals surface area contributed by atoms with Crippen LogP contribution in [0.1, 0.15) is 61.2 Å². The van der Waals surface area contributed by atoms with Gasteiger partial charge in [-0.3, -0.25) is 15.2 Å². The molecule has 1 aromatic heterocycles. The van der Waals surface area contributed by atoms with Crippen molar-refractivity contribution in [1.82, 2.24) is 30.0 Å². The Bertz CT molecular complexity index is 1190. The molecule has 1 atom stereocenters. The lowest BCUT2D eigenvalue weighted by Crippen LogP contribution is -2.42. The number of nitrogens with zero attached hydrogens (tertiary/aromatic N) is 7. The monoisotopic (exact) mass is 487 g/mol. The molecule has 3 N–H and O–H groups in total. The minimum atomic E-state index is -0.0841. The third kappa shape index (κ3) is 5.22. The average Bonchev–Trinajstić information content (AvgIpc) is 3.19. The Balaban J connectivity index is 1.46. The number of aromatic nitrogens is 4. The summed E-state index contributed by atoms with van der Waals surface area (Å²) in [6.07, 6.45) is 5.13. The molecule has 188 valence electrons. The Morgan fingerprint density at radius 2 is 1.81 bits per heavy atom. The van der Waals surface area contributed by atoms with Gasteiger partial charge in [0, 0.05) is 31.2 Å². The van der Waals surface area contributed by atoms with Gasteiger partial charge < -0.3 is 5.21 Å². The molecule has 2 heterocycles. The molecule has 0 bridgehead atoms. The van der Waals surface area contributed by atoms with Gasteiger partial charge in [0.15, 0.2) is 11.5 Å². The molecule has 1 saturated heterocycles. The molecule has 9 nitrogen and oxygen atoms in total. The predicted molar refractivity (Wildman–Crippen MR) is 141 cm³/mol. The van der Waals surface area contributed by atoms with E-state index in [2.05, 4.69) is 54.7 Å². The SMILES string of the molecule is C/C(=N/[OH2+])C(=N)c1ccc(C(c2nnnn2Cc2ccccc2)N2CCCN(C3CCC3)CC2)cc1. The van der Waals surface area contributed by atoms with E-state index in [-0.39, 0.29) is 11.8 Å². The number of tetrazole rings is 1. The van der Waals surface area contributed by atoms with Crippen LogP contribution >= 0.6 is 0 Å². The smallest absolute Gasteiger partial charge is 0.173 e. The Morgan fingerprint density at radius 1 is 1.03 bits per heavy atom. The molecule has 2 aliphatic rings. The quantitative estimate of drug-likeness (QED) is 0.299. The van der Waals surface area contributed by atoms with Gasteiger partial charge in [-0.05, 0) is 54.3 Å². The summed E-state index contributed by atoms with van der Waals surface area (Å²) in [7, 11) is 0. The van der Waals surface area contributed by atoms with Gasteiger partial charge in [0.25, 0.3) is 0 Å². The van der Waals surface area contributed by atoms with Gasteiger partial charge >= 0.3 is 0 Å². The van der Waals surface area contributed by atoms with E-state index in [1.54, 1.807) is 6.92 Å². The van der Waals surface area contributed by atoms with E-state index in [1.165, 1.54) is 19.3 Å². The Morgan fingerprint density at radius 3 is 2.50 bits per heavy atom. The second-order valence-corrected chi connectivity index (χ2v) is 9.79. The van der Waals surface area contributed by atoms with Gasteiger partial charge in [-0.15, -0.1) is 5.10 Å². The van der Waals surface area contributed by atoms with Crippen LogP contribution in [0.25, 0.3) is 0 Å². The third-order valence-electron chi connectivity index (χ3n) is 7.55. The molecule has 1 saturated carbocycles. The van der Waals surface area contributed by atoms with Gasteiger partial charge in [-0.2, -0.15) is 0 Å². The van der Waals surface area contributed by atoms with Crippen LogP contribution in [0.15, 0.2) is 59.8 Å². The first-order valence-corrected chi connectivity index (χ1v) is 12.8. The van der Waals surface area contributed by atoms with Crippen molar-refractivity contribution in [3.05, 3.63) is 77.1 Å². The van der Waals surface area contributed by atoms with E-state index in [0.29, 0.717) is 12.3 Å². The van der Waals surface area contributed by atoms with E-state index in [0.717, 1.165) is 61.2 Å². The van der Waals surface area contributed by atoms with Crippen molar-refractivity contribution in [3.63, 3.8) is 0 Å². The van der Waals surface area contributed by atoms with E-state index in [1.807, 2.05) is 35.0 Å². The minimum Gasteiger partial charge on any atom is -0.469 e. The summed E-state index contributed by atoms with van der Waals surface area (Å²) in [5, 5.41) is 32.0. The summed E-state index contributed by atoms with van der Waals surface area (Å²) in [5.41, 5.74) is 3.68. The highest BCUT2D eigenvalue weighted by molar-refractivity contribution is 6.46. The van der Waals surface area contributed by atoms with E-state index in [9.17, 15) is 0 Å². The normalized spacial score (nSPS) is 19.0. The molecule has 2 aromatic carbocycles. The van der Waals surface area contributed by atoms with Crippen LogP contribution in [-0.4, -0.2) is 78.9 Å². The first-order valence-electron chi connectivity index (χ1n) is 12.8. The topological polar surface area (TPSA) is 109 Å². The first-order chi connectivity index (χ1) is 17.6. The van der Waals surface area contributed by atoms with Crippen LogP contribution in [0, 0.1) is 5.41 Å². The van der Waals surface area contributed by atoms with Crippen LogP contribution in [-0.2, 0) is 6.54 Å². The van der Waals surface area contributed by atoms with Crippen LogP contribution < -0.4 is 0 Å². The van der Waals surface area contributed by atoms with Gasteiger partial charge in [-0.25, -0.2) is 4.68 Å². The standard InChI is InChI=1S/C27H34N8O/c1-20(30-36)25(28)22-11-13-23(14-12-22)26(34-16-6-15-33(17-18-34)24-9-5-10-24)27-29-31-32-35(27)19-21-7-3-2-4-8-21/h2-4,7-8,11-14,24,26,28,36H,5-6,9-10,15-19H2,1H3/p+1/b28-25?,30-20-. The summed E-state index contributed by atoms with van der Waals surface area (Å²) < 4.78 is 1.92. The third-order valence-corrected chi connectivity index (χ3v) is 7.55. The Kier molecular flexibility index (Phi) is 7.48. The van der Waals surface area contributed by atoms with E-state index in [4.69, 9.17) is 10.6 Å². The zero-order valence-corrected chi connectivity index (χ0v) is 20.8. The van der Waals surface area contributed by atoms with Crippen LogP contribution in [0.5, 0.6) is 0 Å². The second kappa shape index (κ2) is 11.1. The number of nitrogens with one attached hydrogen (secondary N) is 1. The number of hydrogen-bond acceptors (Lipinski definition) is 7. The molecule has 0 radical (unpaired) electrons. The summed E-state index contributed by atoms with van der Waals surface area (Å²) in [4.78, 5) is 5.18. The zero-order chi connectivity index (χ0) is 24.9. The first kappa shape index (κ1) is 24.3. The van der Waals surface area contributed by atoms with Crippen LogP contribution in [0.3, 0.4) is 0 Å². The van der Waals surface area contributed by atoms with Gasteiger partial charge in [0.2, 0.25) is 0 Å². The lowest BCUT2D eigenvalue weighted by molar-refractivity contribution is 0.127. The lowest BCUT2D eigenvalue weighted by atomic mass is 9.91. The fraction of sp³-hybridized carbons (Fsp3) is 0.444. The predicted octanol–water partition coefficient (Wildman–Crippen LogP) is 2.84. The Labute approximate surface area is 211 Å². The Hall–Kier alpha value is -3.43. The van der Waals surface area contributed by atoms with E-state index >= 15 is 0 Å². The molecule has 0 spiro atoms. The maximum absolute atomic E-state index is 8.32. The molecule has 5 rings (SSSR count). The number of hydrogen-bond donors (Lipinski definition) is 1. The van der Waals surface area contributed by atoms with Crippen molar-refractivity contribution in [2.24, 2.45) is 5.16 Å². The second-order valence-electron chi connectivity index (χ2n) is 9.79. The molecule has 9 heteroatoms. The molecule has 2 fully saturated rings. The zero-order valence-electron chi connectivity index (χ0n) is 20.8. The molecule has 0 amide bonds. The summed E-state index contributed by atoms with van der Waals surface area (Å²) >= 11 is 0. The maximum Gasteiger partial charge on any atom is 0.173 e. The van der Waals surface area contributed by atoms with Gasteiger partial charge in [-0.1, -0.05) is 61.0 Å². The fourth-order valence-corrected chi connectivity index (χ4v) is 5.23. The summed E-state index contributed by atoms with van der Waals surface area (Å²) in [6.45, 7) is 6.45. The van der Waals surface area contributed by atoms with Crippen molar-refractivity contribution in [1.29, 1.82) is 5.41 Å². The molecule has 1 aliphatic heterocycles. The maximum atomic E-state index is 8.32. The fourth-order valence-electron chi connectivity index (χ4n) is 5.23. The highest BCUT2D eigenvalue weighted by Crippen LogP contribution is 2.31. The summed E-state index contributed by atoms with van der Waals surface area (Å²) in [5.74, 6) is 0.836. The highest BCUT2D eigenvalue weighted by atomic mass is 16.4. The van der Waals surface area contributed by atoms with Crippen LogP contribution in [0.2, 0.25) is 0 Å². The molecule has 1 unspecified atom stereocenters. The number of benzene rings is 2. The van der Waals surface area contributed by atoms with Crippen molar-refractivity contribution in [3.8, 4) is 0 Å². The summed E-state index contributed by atoms with van der Waals surface area (Å²) in [6, 6.07) is 19.0. The van der Waals surface area contributed by atoms with Gasteiger partial charge in [0.1, 0.15) is 0 Å². The molecular weight excluding hydrogens is 452 g/mol. The minimum absolute atomic E-state index is 0.0841. The van der Waals surface area contributed by atoms with Crippen molar-refractivity contribution >= 4 is 11.4 Å². The average molecular weight is 488 g/mol. The molecule has 1 aliphatic carbocycles. The molecular formula is C27H35N8O+. The number of rotatable bonds is 8. The molecule has 36 heavy (non-hydrogen) atoms. The van der Waals surface area contributed by atoms with Crippen LogP contribution in [0.4, 0.5) is 0 Å². The largest absolute Gasteiger partial charge is 0.469 e.